The molecule has 1 amide bonds. The summed E-state index contributed by atoms with van der Waals surface area (Å²) in [6, 6.07) is 9.13. The third-order valence-electron chi connectivity index (χ3n) is 3.21. The van der Waals surface area contributed by atoms with Gasteiger partial charge in [-0.3, -0.25) is 9.59 Å². The average molecular weight is 278 g/mol. The van der Waals surface area contributed by atoms with Gasteiger partial charge in [-0.15, -0.1) is 0 Å². The average Bonchev–Trinajstić information content (AvgIpc) is 2.44. The molecule has 0 radical (unpaired) electrons. The summed E-state index contributed by atoms with van der Waals surface area (Å²) < 4.78 is 0. The molecule has 1 rings (SSSR count). The summed E-state index contributed by atoms with van der Waals surface area (Å²) in [4.78, 5) is 22.8. The largest absolute Gasteiger partial charge is 0.481 e. The summed E-state index contributed by atoms with van der Waals surface area (Å²) in [5.41, 5.74) is 6.37. The molecule has 0 saturated carbocycles. The molecule has 20 heavy (non-hydrogen) atoms. The number of carboxylic acids is 1. The van der Waals surface area contributed by atoms with Crippen LogP contribution in [0.2, 0.25) is 0 Å². The van der Waals surface area contributed by atoms with Crippen LogP contribution in [-0.2, 0) is 9.59 Å². The van der Waals surface area contributed by atoms with E-state index in [1.165, 1.54) is 0 Å². The highest BCUT2D eigenvalue weighted by molar-refractivity contribution is 5.78. The molecule has 1 aromatic rings. The Kier molecular flexibility index (Phi) is 6.73. The number of aliphatic carboxylic acids is 1. The predicted octanol–water partition coefficient (Wildman–Crippen LogP) is 1.69. The number of rotatable bonds is 8. The van der Waals surface area contributed by atoms with Gasteiger partial charge in [-0.2, -0.15) is 0 Å². The molecular weight excluding hydrogens is 256 g/mol. The highest BCUT2D eigenvalue weighted by Gasteiger charge is 2.19. The fourth-order valence-corrected chi connectivity index (χ4v) is 1.97. The summed E-state index contributed by atoms with van der Waals surface area (Å²) in [5, 5.41) is 11.7. The summed E-state index contributed by atoms with van der Waals surface area (Å²) in [6.07, 6.45) is 1.01. The molecule has 0 fully saturated rings. The highest BCUT2D eigenvalue weighted by atomic mass is 16.4. The molecule has 1 aromatic carbocycles. The lowest BCUT2D eigenvalue weighted by molar-refractivity contribution is -0.137. The van der Waals surface area contributed by atoms with Gasteiger partial charge in [0.2, 0.25) is 5.91 Å². The summed E-state index contributed by atoms with van der Waals surface area (Å²) in [5.74, 6) is -1.12. The van der Waals surface area contributed by atoms with Gasteiger partial charge >= 0.3 is 5.97 Å². The molecule has 2 atom stereocenters. The van der Waals surface area contributed by atoms with E-state index in [-0.39, 0.29) is 24.3 Å². The van der Waals surface area contributed by atoms with E-state index in [1.807, 2.05) is 37.3 Å². The Morgan fingerprint density at radius 3 is 2.45 bits per heavy atom. The molecule has 0 aromatic heterocycles. The number of carbonyl (C=O) groups is 2. The maximum atomic E-state index is 12.0. The van der Waals surface area contributed by atoms with Crippen molar-refractivity contribution in [1.82, 2.24) is 5.32 Å². The van der Waals surface area contributed by atoms with E-state index in [1.54, 1.807) is 0 Å². The molecule has 0 heterocycles. The normalized spacial score (nSPS) is 13.5. The maximum Gasteiger partial charge on any atom is 0.303 e. The molecule has 5 heteroatoms. The van der Waals surface area contributed by atoms with Crippen molar-refractivity contribution in [3.8, 4) is 0 Å². The quantitative estimate of drug-likeness (QED) is 0.674. The van der Waals surface area contributed by atoms with Gasteiger partial charge in [0.25, 0.3) is 0 Å². The lowest BCUT2D eigenvalue weighted by Crippen LogP contribution is -2.34. The monoisotopic (exact) mass is 278 g/mol. The number of nitrogens with two attached hydrogens (primary N) is 1. The van der Waals surface area contributed by atoms with Crippen LogP contribution in [0.1, 0.15) is 37.8 Å². The molecule has 5 nitrogen and oxygen atoms in total. The third kappa shape index (κ3) is 5.40. The van der Waals surface area contributed by atoms with Gasteiger partial charge < -0.3 is 16.2 Å². The number of hydrogen-bond donors (Lipinski definition) is 3. The SMILES string of the molecule is CC(CCN)C(=O)NC(CCC(=O)O)c1ccccc1. The molecule has 0 aliphatic rings. The number of amides is 1. The second kappa shape index (κ2) is 8.32. The van der Waals surface area contributed by atoms with Crippen molar-refractivity contribution in [2.75, 3.05) is 6.54 Å². The minimum absolute atomic E-state index is 0.0190. The van der Waals surface area contributed by atoms with Crippen LogP contribution in [0.4, 0.5) is 0 Å². The van der Waals surface area contributed by atoms with E-state index >= 15 is 0 Å². The Bertz CT molecular complexity index is 434. The summed E-state index contributed by atoms with van der Waals surface area (Å²) in [7, 11) is 0. The van der Waals surface area contributed by atoms with Crippen molar-refractivity contribution in [2.45, 2.75) is 32.2 Å². The van der Waals surface area contributed by atoms with E-state index in [4.69, 9.17) is 10.8 Å². The van der Waals surface area contributed by atoms with E-state index < -0.39 is 5.97 Å². The van der Waals surface area contributed by atoms with Crippen molar-refractivity contribution >= 4 is 11.9 Å². The first-order valence-electron chi connectivity index (χ1n) is 6.81. The Labute approximate surface area is 119 Å². The van der Waals surface area contributed by atoms with Crippen LogP contribution in [0.3, 0.4) is 0 Å². The van der Waals surface area contributed by atoms with Crippen molar-refractivity contribution in [1.29, 1.82) is 0 Å². The molecule has 0 bridgehead atoms. The standard InChI is InChI=1S/C15H22N2O3/c1-11(9-10-16)15(20)17-13(7-8-14(18)19)12-5-3-2-4-6-12/h2-6,11,13H,7-10,16H2,1H3,(H,17,20)(H,18,19). The molecule has 0 spiro atoms. The zero-order valence-electron chi connectivity index (χ0n) is 11.7. The van der Waals surface area contributed by atoms with Gasteiger partial charge in [-0.1, -0.05) is 37.3 Å². The van der Waals surface area contributed by atoms with Crippen LogP contribution in [-0.4, -0.2) is 23.5 Å². The molecular formula is C15H22N2O3. The van der Waals surface area contributed by atoms with E-state index in [2.05, 4.69) is 5.32 Å². The second-order valence-electron chi connectivity index (χ2n) is 4.88. The smallest absolute Gasteiger partial charge is 0.303 e. The van der Waals surface area contributed by atoms with Crippen molar-refractivity contribution in [2.24, 2.45) is 11.7 Å². The van der Waals surface area contributed by atoms with Crippen molar-refractivity contribution in [3.63, 3.8) is 0 Å². The van der Waals surface area contributed by atoms with Crippen LogP contribution in [0.15, 0.2) is 30.3 Å². The Hall–Kier alpha value is -1.88. The molecule has 110 valence electrons. The topological polar surface area (TPSA) is 92.4 Å². The maximum absolute atomic E-state index is 12.0. The van der Waals surface area contributed by atoms with Crippen LogP contribution in [0.5, 0.6) is 0 Å². The lowest BCUT2D eigenvalue weighted by Gasteiger charge is -2.21. The van der Waals surface area contributed by atoms with Crippen molar-refractivity contribution < 1.29 is 14.7 Å². The number of carbonyl (C=O) groups excluding carboxylic acids is 1. The number of carboxylic acid groups (broad SMARTS) is 1. The summed E-state index contributed by atoms with van der Waals surface area (Å²) >= 11 is 0. The van der Waals surface area contributed by atoms with Crippen LogP contribution >= 0.6 is 0 Å². The Morgan fingerprint density at radius 2 is 1.90 bits per heavy atom. The predicted molar refractivity (Wildman–Crippen MR) is 77.0 cm³/mol. The molecule has 0 aliphatic carbocycles. The van der Waals surface area contributed by atoms with Gasteiger partial charge in [0, 0.05) is 12.3 Å². The Balaban J connectivity index is 2.72. The molecule has 2 unspecified atom stereocenters. The van der Waals surface area contributed by atoms with E-state index in [9.17, 15) is 9.59 Å². The number of nitrogens with one attached hydrogen (secondary N) is 1. The molecule has 0 aliphatic heterocycles. The highest BCUT2D eigenvalue weighted by Crippen LogP contribution is 2.19. The van der Waals surface area contributed by atoms with Crippen LogP contribution in [0, 0.1) is 5.92 Å². The van der Waals surface area contributed by atoms with Crippen molar-refractivity contribution in [3.05, 3.63) is 35.9 Å². The van der Waals surface area contributed by atoms with Gasteiger partial charge in [-0.25, -0.2) is 0 Å². The minimum Gasteiger partial charge on any atom is -0.481 e. The van der Waals surface area contributed by atoms with Crippen LogP contribution < -0.4 is 11.1 Å². The van der Waals surface area contributed by atoms with Crippen LogP contribution in [0.25, 0.3) is 0 Å². The number of hydrogen-bond acceptors (Lipinski definition) is 3. The minimum atomic E-state index is -0.866. The Morgan fingerprint density at radius 1 is 1.25 bits per heavy atom. The van der Waals surface area contributed by atoms with Gasteiger partial charge in [0.1, 0.15) is 0 Å². The molecule has 0 saturated heterocycles. The first-order chi connectivity index (χ1) is 9.54. The van der Waals surface area contributed by atoms with Gasteiger partial charge in [0.15, 0.2) is 0 Å². The summed E-state index contributed by atoms with van der Waals surface area (Å²) in [6.45, 7) is 2.28. The van der Waals surface area contributed by atoms with E-state index in [0.29, 0.717) is 19.4 Å². The molecule has 4 N–H and O–H groups in total. The lowest BCUT2D eigenvalue weighted by atomic mass is 10.00. The van der Waals surface area contributed by atoms with Gasteiger partial charge in [-0.05, 0) is 24.9 Å². The third-order valence-corrected chi connectivity index (χ3v) is 3.21. The zero-order valence-corrected chi connectivity index (χ0v) is 11.7. The van der Waals surface area contributed by atoms with E-state index in [0.717, 1.165) is 5.56 Å². The first kappa shape index (κ1) is 16.2. The number of benzene rings is 1. The van der Waals surface area contributed by atoms with Gasteiger partial charge in [0.05, 0.1) is 6.04 Å². The fourth-order valence-electron chi connectivity index (χ4n) is 1.97. The second-order valence-corrected chi connectivity index (χ2v) is 4.88. The zero-order chi connectivity index (χ0) is 15.0. The fraction of sp³-hybridized carbons (Fsp3) is 0.467. The first-order valence-corrected chi connectivity index (χ1v) is 6.81.